The maximum atomic E-state index is 6.03. The van der Waals surface area contributed by atoms with Gasteiger partial charge in [0.1, 0.15) is 12.4 Å². The Labute approximate surface area is 143 Å². The fraction of sp³-hybridized carbons (Fsp3) is 0.294. The molecule has 2 aromatic rings. The number of hydrogen-bond donors (Lipinski definition) is 1. The highest BCUT2D eigenvalue weighted by atomic mass is 79.9. The van der Waals surface area contributed by atoms with Gasteiger partial charge in [-0.25, -0.2) is 0 Å². The summed E-state index contributed by atoms with van der Waals surface area (Å²) in [4.78, 5) is 0. The van der Waals surface area contributed by atoms with E-state index in [9.17, 15) is 0 Å². The van der Waals surface area contributed by atoms with E-state index in [1.165, 1.54) is 0 Å². The van der Waals surface area contributed by atoms with Crippen molar-refractivity contribution >= 4 is 31.9 Å². The minimum absolute atomic E-state index is 0.446. The third kappa shape index (κ3) is 5.13. The second-order valence-electron chi connectivity index (χ2n) is 5.18. The lowest BCUT2D eigenvalue weighted by Crippen LogP contribution is -2.22. The van der Waals surface area contributed by atoms with E-state index in [0.717, 1.165) is 32.4 Å². The Bertz CT molecular complexity index is 599. The first-order chi connectivity index (χ1) is 10.1. The molecule has 0 amide bonds. The van der Waals surface area contributed by atoms with E-state index >= 15 is 0 Å². The van der Waals surface area contributed by atoms with Gasteiger partial charge in [-0.1, -0.05) is 54.0 Å². The quantitative estimate of drug-likeness (QED) is 0.695. The van der Waals surface area contributed by atoms with E-state index in [2.05, 4.69) is 69.2 Å². The maximum absolute atomic E-state index is 6.03. The van der Waals surface area contributed by atoms with Crippen LogP contribution in [-0.2, 0) is 13.2 Å². The number of nitrogens with one attached hydrogen (secondary N) is 1. The topological polar surface area (TPSA) is 21.3 Å². The first-order valence-electron chi connectivity index (χ1n) is 6.94. The van der Waals surface area contributed by atoms with Gasteiger partial charge >= 0.3 is 0 Å². The molecule has 2 aromatic carbocycles. The Morgan fingerprint density at radius 2 is 1.86 bits per heavy atom. The van der Waals surface area contributed by atoms with Crippen LogP contribution in [0.5, 0.6) is 5.75 Å². The van der Waals surface area contributed by atoms with Gasteiger partial charge in [0.15, 0.2) is 0 Å². The van der Waals surface area contributed by atoms with Gasteiger partial charge in [0.05, 0.1) is 4.47 Å². The van der Waals surface area contributed by atoms with Gasteiger partial charge in [-0.2, -0.15) is 0 Å². The normalized spacial score (nSPS) is 10.9. The van der Waals surface area contributed by atoms with Gasteiger partial charge in [0.25, 0.3) is 0 Å². The molecule has 2 rings (SSSR count). The summed E-state index contributed by atoms with van der Waals surface area (Å²) in [6.07, 6.45) is 0. The fourth-order valence-corrected chi connectivity index (χ4v) is 2.92. The molecule has 0 aliphatic rings. The zero-order valence-corrected chi connectivity index (χ0v) is 15.4. The molecule has 0 aliphatic heterocycles. The molecule has 0 radical (unpaired) electrons. The number of benzene rings is 2. The molecule has 2 nitrogen and oxygen atoms in total. The zero-order chi connectivity index (χ0) is 15.2. The summed E-state index contributed by atoms with van der Waals surface area (Å²) >= 11 is 7.06. The van der Waals surface area contributed by atoms with Crippen LogP contribution in [0.3, 0.4) is 0 Å². The van der Waals surface area contributed by atoms with E-state index in [1.807, 2.05) is 24.3 Å². The van der Waals surface area contributed by atoms with E-state index in [1.54, 1.807) is 0 Å². The summed E-state index contributed by atoms with van der Waals surface area (Å²) in [5.74, 6) is 0.908. The Kier molecular flexibility index (Phi) is 6.27. The first-order valence-corrected chi connectivity index (χ1v) is 8.53. The molecular weight excluding hydrogens is 394 g/mol. The van der Waals surface area contributed by atoms with Gasteiger partial charge < -0.3 is 10.1 Å². The van der Waals surface area contributed by atoms with Crippen molar-refractivity contribution in [2.24, 2.45) is 0 Å². The van der Waals surface area contributed by atoms with Crippen LogP contribution in [-0.4, -0.2) is 6.04 Å². The Morgan fingerprint density at radius 3 is 2.57 bits per heavy atom. The summed E-state index contributed by atoms with van der Waals surface area (Å²) in [5, 5.41) is 3.43. The SMILES string of the molecule is CC(C)NCc1cccc(Br)c1OCc1cccc(Br)c1. The number of hydrogen-bond acceptors (Lipinski definition) is 2. The van der Waals surface area contributed by atoms with Crippen molar-refractivity contribution in [2.75, 3.05) is 0 Å². The third-order valence-corrected chi connectivity index (χ3v) is 4.14. The molecule has 1 N–H and O–H groups in total. The van der Waals surface area contributed by atoms with Crippen LogP contribution in [0.1, 0.15) is 25.0 Å². The summed E-state index contributed by atoms with van der Waals surface area (Å²) in [5.41, 5.74) is 2.30. The molecule has 0 bridgehead atoms. The van der Waals surface area contributed by atoms with Crippen molar-refractivity contribution < 1.29 is 4.74 Å². The third-order valence-electron chi connectivity index (χ3n) is 3.02. The summed E-state index contributed by atoms with van der Waals surface area (Å²) in [6, 6.07) is 14.8. The number of ether oxygens (including phenoxy) is 1. The molecule has 0 unspecified atom stereocenters. The van der Waals surface area contributed by atoms with Crippen LogP contribution in [0.2, 0.25) is 0 Å². The Balaban J connectivity index is 2.11. The number of para-hydroxylation sites is 1. The largest absolute Gasteiger partial charge is 0.487 e. The van der Waals surface area contributed by atoms with E-state index in [4.69, 9.17) is 4.74 Å². The smallest absolute Gasteiger partial charge is 0.138 e. The molecule has 0 atom stereocenters. The first kappa shape index (κ1) is 16.5. The van der Waals surface area contributed by atoms with Crippen molar-refractivity contribution in [3.63, 3.8) is 0 Å². The average Bonchev–Trinajstić information content (AvgIpc) is 2.44. The van der Waals surface area contributed by atoms with Gasteiger partial charge in [-0.05, 0) is 39.7 Å². The summed E-state index contributed by atoms with van der Waals surface area (Å²) in [7, 11) is 0. The molecule has 0 saturated carbocycles. The highest BCUT2D eigenvalue weighted by Gasteiger charge is 2.09. The van der Waals surface area contributed by atoms with Crippen molar-refractivity contribution in [1.29, 1.82) is 0 Å². The molecule has 4 heteroatoms. The van der Waals surface area contributed by atoms with Gasteiger partial charge in [-0.3, -0.25) is 0 Å². The molecule has 0 spiro atoms. The van der Waals surface area contributed by atoms with Crippen molar-refractivity contribution in [1.82, 2.24) is 5.32 Å². The molecule has 0 heterocycles. The minimum atomic E-state index is 0.446. The number of rotatable bonds is 6. The fourth-order valence-electron chi connectivity index (χ4n) is 1.95. The Hall–Kier alpha value is -0.840. The van der Waals surface area contributed by atoms with Crippen molar-refractivity contribution in [3.8, 4) is 5.75 Å². The van der Waals surface area contributed by atoms with Gasteiger partial charge in [-0.15, -0.1) is 0 Å². The molecule has 112 valence electrons. The monoisotopic (exact) mass is 411 g/mol. The molecular formula is C17H19Br2NO. The van der Waals surface area contributed by atoms with Crippen LogP contribution in [0, 0.1) is 0 Å². The summed E-state index contributed by atoms with van der Waals surface area (Å²) in [6.45, 7) is 5.63. The van der Waals surface area contributed by atoms with E-state index in [-0.39, 0.29) is 0 Å². The van der Waals surface area contributed by atoms with Crippen LogP contribution >= 0.6 is 31.9 Å². The predicted molar refractivity (Wildman–Crippen MR) is 94.6 cm³/mol. The zero-order valence-electron chi connectivity index (χ0n) is 12.2. The highest BCUT2D eigenvalue weighted by Crippen LogP contribution is 2.30. The lowest BCUT2D eigenvalue weighted by Gasteiger charge is -2.15. The van der Waals surface area contributed by atoms with E-state index < -0.39 is 0 Å². The Morgan fingerprint density at radius 1 is 1.10 bits per heavy atom. The van der Waals surface area contributed by atoms with Crippen LogP contribution in [0.25, 0.3) is 0 Å². The second-order valence-corrected chi connectivity index (χ2v) is 6.95. The van der Waals surface area contributed by atoms with Gasteiger partial charge in [0.2, 0.25) is 0 Å². The van der Waals surface area contributed by atoms with Crippen LogP contribution in [0.15, 0.2) is 51.4 Å². The summed E-state index contributed by atoms with van der Waals surface area (Å²) < 4.78 is 8.09. The van der Waals surface area contributed by atoms with Gasteiger partial charge in [0, 0.05) is 22.6 Å². The van der Waals surface area contributed by atoms with Crippen molar-refractivity contribution in [2.45, 2.75) is 33.0 Å². The van der Waals surface area contributed by atoms with Crippen LogP contribution in [0.4, 0.5) is 0 Å². The molecule has 0 saturated heterocycles. The van der Waals surface area contributed by atoms with E-state index in [0.29, 0.717) is 12.6 Å². The second kappa shape index (κ2) is 7.97. The van der Waals surface area contributed by atoms with Crippen LogP contribution < -0.4 is 10.1 Å². The predicted octanol–water partition coefficient (Wildman–Crippen LogP) is 5.29. The molecule has 21 heavy (non-hydrogen) atoms. The highest BCUT2D eigenvalue weighted by molar-refractivity contribution is 9.10. The molecule has 0 aliphatic carbocycles. The van der Waals surface area contributed by atoms with Crippen molar-refractivity contribution in [3.05, 3.63) is 62.5 Å². The standard InChI is InChI=1S/C17H19Br2NO/c1-12(2)20-10-14-6-4-8-16(19)17(14)21-11-13-5-3-7-15(18)9-13/h3-9,12,20H,10-11H2,1-2H3. The number of halogens is 2. The molecule has 0 aromatic heterocycles. The molecule has 0 fully saturated rings. The minimum Gasteiger partial charge on any atom is -0.487 e. The average molecular weight is 413 g/mol. The maximum Gasteiger partial charge on any atom is 0.138 e. The lowest BCUT2D eigenvalue weighted by molar-refractivity contribution is 0.299. The lowest BCUT2D eigenvalue weighted by atomic mass is 10.2.